The van der Waals surface area contributed by atoms with E-state index in [1.54, 1.807) is 6.07 Å². The first-order valence-electron chi connectivity index (χ1n) is 8.97. The Labute approximate surface area is 157 Å². The van der Waals surface area contributed by atoms with Crippen molar-refractivity contribution in [1.82, 2.24) is 9.97 Å². The van der Waals surface area contributed by atoms with Crippen LogP contribution in [0, 0.1) is 0 Å². The number of imidazole rings is 1. The molecule has 27 heavy (non-hydrogen) atoms. The van der Waals surface area contributed by atoms with Crippen LogP contribution in [0.15, 0.2) is 72.8 Å². The predicted molar refractivity (Wildman–Crippen MR) is 108 cm³/mol. The van der Waals surface area contributed by atoms with Gasteiger partial charge in [-0.05, 0) is 55.3 Å². The van der Waals surface area contributed by atoms with Crippen molar-refractivity contribution in [2.45, 2.75) is 20.0 Å². The molecule has 0 fully saturated rings. The minimum Gasteiger partial charge on any atom is -0.459 e. The standard InChI is InChI=1S/C23H20N2O2/c1-15(2)27-23(26)19-10-6-8-17(14-19)16-7-5-9-18(13-16)22-24-20-11-3-4-12-21(20)25-22/h3-15H,1-2H3,(H,24,25). The van der Waals surface area contributed by atoms with E-state index in [2.05, 4.69) is 16.0 Å². The monoisotopic (exact) mass is 356 g/mol. The molecule has 1 N–H and O–H groups in total. The number of fused-ring (bicyclic) bond motifs is 1. The van der Waals surface area contributed by atoms with Crippen LogP contribution in [0.2, 0.25) is 0 Å². The van der Waals surface area contributed by atoms with E-state index >= 15 is 0 Å². The Morgan fingerprint density at radius 2 is 1.59 bits per heavy atom. The maximum atomic E-state index is 12.2. The highest BCUT2D eigenvalue weighted by Crippen LogP contribution is 2.27. The van der Waals surface area contributed by atoms with Crippen molar-refractivity contribution in [1.29, 1.82) is 0 Å². The summed E-state index contributed by atoms with van der Waals surface area (Å²) < 4.78 is 5.30. The lowest BCUT2D eigenvalue weighted by atomic mass is 10.0. The summed E-state index contributed by atoms with van der Waals surface area (Å²) in [6, 6.07) is 23.6. The number of hydrogen-bond donors (Lipinski definition) is 1. The van der Waals surface area contributed by atoms with Crippen LogP contribution < -0.4 is 0 Å². The van der Waals surface area contributed by atoms with E-state index in [4.69, 9.17) is 4.74 Å². The second-order valence-electron chi connectivity index (χ2n) is 6.72. The minimum absolute atomic E-state index is 0.141. The van der Waals surface area contributed by atoms with Gasteiger partial charge in [0.1, 0.15) is 5.82 Å². The molecule has 0 atom stereocenters. The van der Waals surface area contributed by atoms with Crippen molar-refractivity contribution < 1.29 is 9.53 Å². The van der Waals surface area contributed by atoms with Gasteiger partial charge in [-0.2, -0.15) is 0 Å². The lowest BCUT2D eigenvalue weighted by molar-refractivity contribution is 0.0378. The highest BCUT2D eigenvalue weighted by Gasteiger charge is 2.11. The number of esters is 1. The summed E-state index contributed by atoms with van der Waals surface area (Å²) in [4.78, 5) is 20.2. The van der Waals surface area contributed by atoms with Gasteiger partial charge in [0.15, 0.2) is 0 Å². The second-order valence-corrected chi connectivity index (χ2v) is 6.72. The number of aromatic amines is 1. The van der Waals surface area contributed by atoms with Crippen molar-refractivity contribution in [2.24, 2.45) is 0 Å². The van der Waals surface area contributed by atoms with E-state index in [-0.39, 0.29) is 12.1 Å². The van der Waals surface area contributed by atoms with Crippen molar-refractivity contribution >= 4 is 17.0 Å². The first-order chi connectivity index (χ1) is 13.1. The number of aromatic nitrogens is 2. The van der Waals surface area contributed by atoms with Gasteiger partial charge in [-0.25, -0.2) is 9.78 Å². The smallest absolute Gasteiger partial charge is 0.338 e. The summed E-state index contributed by atoms with van der Waals surface area (Å²) in [5, 5.41) is 0. The number of carbonyl (C=O) groups is 1. The van der Waals surface area contributed by atoms with Crippen molar-refractivity contribution in [3.63, 3.8) is 0 Å². The average Bonchev–Trinajstić information content (AvgIpc) is 3.12. The number of benzene rings is 3. The Morgan fingerprint density at radius 3 is 2.37 bits per heavy atom. The van der Waals surface area contributed by atoms with Gasteiger partial charge in [0.05, 0.1) is 22.7 Å². The SMILES string of the molecule is CC(C)OC(=O)c1cccc(-c2cccc(-c3nc4ccccc4[nH]3)c2)c1. The maximum Gasteiger partial charge on any atom is 0.338 e. The number of ether oxygens (including phenoxy) is 1. The van der Waals surface area contributed by atoms with Crippen LogP contribution in [0.1, 0.15) is 24.2 Å². The highest BCUT2D eigenvalue weighted by atomic mass is 16.5. The number of nitrogens with one attached hydrogen (secondary N) is 1. The molecule has 3 aromatic carbocycles. The van der Waals surface area contributed by atoms with E-state index in [9.17, 15) is 4.79 Å². The first kappa shape index (κ1) is 17.0. The van der Waals surface area contributed by atoms with E-state index in [1.165, 1.54) is 0 Å². The zero-order valence-electron chi connectivity index (χ0n) is 15.3. The van der Waals surface area contributed by atoms with Gasteiger partial charge in [0, 0.05) is 5.56 Å². The van der Waals surface area contributed by atoms with Gasteiger partial charge < -0.3 is 9.72 Å². The molecule has 0 aliphatic carbocycles. The van der Waals surface area contributed by atoms with Gasteiger partial charge >= 0.3 is 5.97 Å². The molecule has 4 rings (SSSR count). The lowest BCUT2D eigenvalue weighted by Gasteiger charge is -2.09. The Balaban J connectivity index is 1.69. The Morgan fingerprint density at radius 1 is 0.889 bits per heavy atom. The Hall–Kier alpha value is -3.40. The number of carbonyl (C=O) groups excluding carboxylic acids is 1. The molecule has 1 aromatic heterocycles. The predicted octanol–water partition coefficient (Wildman–Crippen LogP) is 5.46. The molecule has 4 aromatic rings. The number of H-pyrrole nitrogens is 1. The zero-order chi connectivity index (χ0) is 18.8. The van der Waals surface area contributed by atoms with Gasteiger partial charge in [0.25, 0.3) is 0 Å². The Kier molecular flexibility index (Phi) is 4.47. The van der Waals surface area contributed by atoms with Crippen molar-refractivity contribution in [2.75, 3.05) is 0 Å². The van der Waals surface area contributed by atoms with Gasteiger partial charge in [0.2, 0.25) is 0 Å². The first-order valence-corrected chi connectivity index (χ1v) is 8.97. The van der Waals surface area contributed by atoms with Crippen molar-refractivity contribution in [3.8, 4) is 22.5 Å². The number of rotatable bonds is 4. The van der Waals surface area contributed by atoms with Crippen molar-refractivity contribution in [3.05, 3.63) is 78.4 Å². The van der Waals surface area contributed by atoms with Gasteiger partial charge in [-0.15, -0.1) is 0 Å². The summed E-state index contributed by atoms with van der Waals surface area (Å²) in [5.74, 6) is 0.522. The van der Waals surface area contributed by atoms with Crippen LogP contribution >= 0.6 is 0 Å². The van der Waals surface area contributed by atoms with Crippen LogP contribution in [0.5, 0.6) is 0 Å². The molecule has 134 valence electrons. The van der Waals surface area contributed by atoms with E-state index in [0.29, 0.717) is 5.56 Å². The van der Waals surface area contributed by atoms with Gasteiger partial charge in [-0.1, -0.05) is 42.5 Å². The quantitative estimate of drug-likeness (QED) is 0.494. The summed E-state index contributed by atoms with van der Waals surface area (Å²) in [6.45, 7) is 3.69. The molecule has 0 radical (unpaired) electrons. The maximum absolute atomic E-state index is 12.2. The molecule has 0 amide bonds. The fraction of sp³-hybridized carbons (Fsp3) is 0.130. The van der Waals surface area contributed by atoms with E-state index < -0.39 is 0 Å². The molecule has 0 saturated carbocycles. The molecule has 0 aliphatic heterocycles. The average molecular weight is 356 g/mol. The topological polar surface area (TPSA) is 55.0 Å². The molecular formula is C23H20N2O2. The van der Waals surface area contributed by atoms with E-state index in [0.717, 1.165) is 33.5 Å². The molecule has 0 bridgehead atoms. The third-order valence-corrected chi connectivity index (χ3v) is 4.30. The van der Waals surface area contributed by atoms with Crippen LogP contribution in [0.25, 0.3) is 33.5 Å². The minimum atomic E-state index is -0.305. The van der Waals surface area contributed by atoms with Gasteiger partial charge in [-0.3, -0.25) is 0 Å². The molecule has 0 aliphatic rings. The summed E-state index contributed by atoms with van der Waals surface area (Å²) in [7, 11) is 0. The third-order valence-electron chi connectivity index (χ3n) is 4.30. The number of nitrogens with zero attached hydrogens (tertiary/aromatic N) is 1. The summed E-state index contributed by atoms with van der Waals surface area (Å²) >= 11 is 0. The molecule has 0 saturated heterocycles. The normalized spacial score (nSPS) is 11.1. The van der Waals surface area contributed by atoms with E-state index in [1.807, 2.05) is 74.5 Å². The van der Waals surface area contributed by atoms with Crippen LogP contribution in [-0.2, 0) is 4.74 Å². The zero-order valence-corrected chi connectivity index (χ0v) is 15.3. The third kappa shape index (κ3) is 3.60. The van der Waals surface area contributed by atoms with Crippen LogP contribution in [-0.4, -0.2) is 22.0 Å². The number of hydrogen-bond acceptors (Lipinski definition) is 3. The molecule has 4 nitrogen and oxygen atoms in total. The molecule has 0 spiro atoms. The highest BCUT2D eigenvalue weighted by molar-refractivity contribution is 5.91. The lowest BCUT2D eigenvalue weighted by Crippen LogP contribution is -2.11. The second kappa shape index (κ2) is 7.08. The largest absolute Gasteiger partial charge is 0.459 e. The molecule has 4 heteroatoms. The fourth-order valence-electron chi connectivity index (χ4n) is 3.04. The molecule has 0 unspecified atom stereocenters. The number of para-hydroxylation sites is 2. The molecular weight excluding hydrogens is 336 g/mol. The molecule has 1 heterocycles. The van der Waals surface area contributed by atoms with Crippen LogP contribution in [0.4, 0.5) is 0 Å². The Bertz CT molecular complexity index is 1080. The fourth-order valence-corrected chi connectivity index (χ4v) is 3.04. The van der Waals surface area contributed by atoms with Crippen LogP contribution in [0.3, 0.4) is 0 Å². The summed E-state index contributed by atoms with van der Waals surface area (Å²) in [6.07, 6.45) is -0.141. The summed E-state index contributed by atoms with van der Waals surface area (Å²) in [5.41, 5.74) is 5.49.